The SMILES string of the molecule is O=C(CC1CC1)N1CC2(C1)C(=O)N(Cc1nc3cc(Cl)ccc3n1CCCCOCCOCCOCCOCCOCI)c1cnccc12. The first kappa shape index (κ1) is 36.4. The van der Waals surface area contributed by atoms with Crippen LogP contribution in [0.4, 0.5) is 5.69 Å². The molecule has 2 aromatic heterocycles. The topological polar surface area (TPSA) is 117 Å². The second kappa shape index (κ2) is 17.7. The lowest BCUT2D eigenvalue weighted by Crippen LogP contribution is -2.65. The maximum Gasteiger partial charge on any atom is 0.241 e. The molecule has 14 heteroatoms. The number of ether oxygens (including phenoxy) is 5. The van der Waals surface area contributed by atoms with Crippen LogP contribution >= 0.6 is 34.2 Å². The molecule has 3 aromatic rings. The molecular weight excluding hydrogens is 765 g/mol. The molecule has 266 valence electrons. The van der Waals surface area contributed by atoms with E-state index in [2.05, 4.69) is 32.1 Å². The van der Waals surface area contributed by atoms with Gasteiger partial charge in [0.05, 0.1) is 86.9 Å². The van der Waals surface area contributed by atoms with Crippen LogP contribution in [0, 0.1) is 5.92 Å². The molecule has 1 aromatic carbocycles. The normalized spacial score (nSPS) is 16.6. The van der Waals surface area contributed by atoms with Crippen molar-refractivity contribution >= 4 is 62.7 Å². The van der Waals surface area contributed by atoms with Crippen LogP contribution in [0.2, 0.25) is 5.02 Å². The summed E-state index contributed by atoms with van der Waals surface area (Å²) >= 11 is 8.50. The Hall–Kier alpha value is -2.40. The van der Waals surface area contributed by atoms with Crippen LogP contribution in [0.15, 0.2) is 36.7 Å². The van der Waals surface area contributed by atoms with Crippen molar-refractivity contribution in [1.82, 2.24) is 19.4 Å². The Kier molecular flexibility index (Phi) is 13.1. The first-order valence-electron chi connectivity index (χ1n) is 17.1. The summed E-state index contributed by atoms with van der Waals surface area (Å²) in [6.07, 6.45) is 8.07. The molecule has 4 heterocycles. The number of amides is 2. The molecule has 1 aliphatic carbocycles. The number of anilines is 1. The number of pyridine rings is 1. The smallest absolute Gasteiger partial charge is 0.241 e. The van der Waals surface area contributed by atoms with Crippen LogP contribution in [0.25, 0.3) is 11.0 Å². The van der Waals surface area contributed by atoms with Crippen molar-refractivity contribution in [2.45, 2.75) is 50.6 Å². The number of likely N-dealkylation sites (tertiary alicyclic amines) is 1. The number of hydrogen-bond donors (Lipinski definition) is 0. The van der Waals surface area contributed by atoms with Gasteiger partial charge in [0.15, 0.2) is 0 Å². The number of aromatic nitrogens is 3. The minimum absolute atomic E-state index is 0.00641. The fourth-order valence-corrected chi connectivity index (χ4v) is 6.98. The number of halogens is 2. The molecule has 12 nitrogen and oxygen atoms in total. The summed E-state index contributed by atoms with van der Waals surface area (Å²) in [7, 11) is 0. The first-order valence-corrected chi connectivity index (χ1v) is 19.0. The minimum atomic E-state index is -0.718. The Morgan fingerprint density at radius 1 is 0.918 bits per heavy atom. The Balaban J connectivity index is 0.966. The molecular formula is C35H45ClIN5O7. The Morgan fingerprint density at radius 3 is 2.27 bits per heavy atom. The number of nitrogens with zero attached hydrogens (tertiary/aromatic N) is 5. The van der Waals surface area contributed by atoms with Crippen LogP contribution in [0.3, 0.4) is 0 Å². The van der Waals surface area contributed by atoms with Crippen molar-refractivity contribution in [1.29, 1.82) is 0 Å². The minimum Gasteiger partial charge on any atom is -0.379 e. The van der Waals surface area contributed by atoms with Crippen LogP contribution in [-0.4, -0.2) is 108 Å². The molecule has 3 aliphatic rings. The van der Waals surface area contributed by atoms with E-state index in [4.69, 9.17) is 40.3 Å². The van der Waals surface area contributed by atoms with Gasteiger partial charge in [-0.1, -0.05) is 34.2 Å². The summed E-state index contributed by atoms with van der Waals surface area (Å²) in [6.45, 7) is 6.80. The molecule has 49 heavy (non-hydrogen) atoms. The zero-order valence-corrected chi connectivity index (χ0v) is 30.7. The van der Waals surface area contributed by atoms with E-state index in [0.29, 0.717) is 101 Å². The second-order valence-corrected chi connectivity index (χ2v) is 13.8. The average molecular weight is 810 g/mol. The number of rotatable bonds is 22. The van der Waals surface area contributed by atoms with Gasteiger partial charge < -0.3 is 38.1 Å². The lowest BCUT2D eigenvalue weighted by atomic mass is 9.74. The number of aryl methyl sites for hydroxylation is 1. The molecule has 1 saturated heterocycles. The molecule has 0 N–H and O–H groups in total. The van der Waals surface area contributed by atoms with Gasteiger partial charge in [-0.3, -0.25) is 14.6 Å². The fraction of sp³-hybridized carbons (Fsp3) is 0.600. The van der Waals surface area contributed by atoms with Crippen LogP contribution < -0.4 is 4.90 Å². The number of unbranched alkanes of at least 4 members (excludes halogenated alkanes) is 1. The van der Waals surface area contributed by atoms with E-state index in [-0.39, 0.29) is 11.8 Å². The molecule has 2 fully saturated rings. The number of fused-ring (bicyclic) bond motifs is 3. The third-order valence-electron chi connectivity index (χ3n) is 9.27. The van der Waals surface area contributed by atoms with Crippen LogP contribution in [0.1, 0.15) is 43.5 Å². The highest BCUT2D eigenvalue weighted by Crippen LogP contribution is 2.48. The lowest BCUT2D eigenvalue weighted by molar-refractivity contribution is -0.144. The van der Waals surface area contributed by atoms with Crippen LogP contribution in [0.5, 0.6) is 0 Å². The molecule has 0 bridgehead atoms. The second-order valence-electron chi connectivity index (χ2n) is 12.8. The average Bonchev–Trinajstić information content (AvgIpc) is 3.78. The van der Waals surface area contributed by atoms with E-state index < -0.39 is 5.41 Å². The van der Waals surface area contributed by atoms with E-state index in [0.717, 1.165) is 60.3 Å². The van der Waals surface area contributed by atoms with Gasteiger partial charge >= 0.3 is 0 Å². The molecule has 1 spiro atoms. The molecule has 6 rings (SSSR count). The largest absolute Gasteiger partial charge is 0.379 e. The third kappa shape index (κ3) is 9.10. The molecule has 0 atom stereocenters. The van der Waals surface area contributed by atoms with E-state index >= 15 is 0 Å². The first-order chi connectivity index (χ1) is 24.0. The van der Waals surface area contributed by atoms with Gasteiger partial charge in [-0.15, -0.1) is 0 Å². The summed E-state index contributed by atoms with van der Waals surface area (Å²) in [5, 5.41) is 0.615. The Morgan fingerprint density at radius 2 is 1.59 bits per heavy atom. The number of alkyl halides is 1. The highest BCUT2D eigenvalue weighted by Gasteiger charge is 2.59. The summed E-state index contributed by atoms with van der Waals surface area (Å²) in [4.78, 5) is 39.9. The number of benzene rings is 1. The van der Waals surface area contributed by atoms with Crippen molar-refractivity contribution in [2.24, 2.45) is 5.92 Å². The summed E-state index contributed by atoms with van der Waals surface area (Å²) < 4.78 is 30.4. The van der Waals surface area contributed by atoms with Gasteiger partial charge in [0.1, 0.15) is 11.2 Å². The zero-order valence-electron chi connectivity index (χ0n) is 27.8. The monoisotopic (exact) mass is 809 g/mol. The quantitative estimate of drug-likeness (QED) is 0.0805. The van der Waals surface area contributed by atoms with Gasteiger partial charge in [0.25, 0.3) is 0 Å². The molecule has 2 aliphatic heterocycles. The zero-order chi connectivity index (χ0) is 34.1. The summed E-state index contributed by atoms with van der Waals surface area (Å²) in [5.41, 5.74) is 2.79. The summed E-state index contributed by atoms with van der Waals surface area (Å²) in [6, 6.07) is 7.65. The van der Waals surface area contributed by atoms with E-state index in [1.54, 1.807) is 17.3 Å². The number of imidazole rings is 1. The predicted molar refractivity (Wildman–Crippen MR) is 193 cm³/mol. The van der Waals surface area contributed by atoms with Crippen molar-refractivity contribution in [3.63, 3.8) is 0 Å². The van der Waals surface area contributed by atoms with E-state index in [1.165, 1.54) is 0 Å². The predicted octanol–water partition coefficient (Wildman–Crippen LogP) is 4.77. The van der Waals surface area contributed by atoms with Crippen molar-refractivity contribution < 1.29 is 33.3 Å². The van der Waals surface area contributed by atoms with Gasteiger partial charge in [-0.2, -0.15) is 0 Å². The van der Waals surface area contributed by atoms with Crippen molar-refractivity contribution in [3.05, 3.63) is 53.1 Å². The lowest BCUT2D eigenvalue weighted by Gasteiger charge is -2.47. The molecule has 2 amide bonds. The van der Waals surface area contributed by atoms with E-state index in [1.807, 2.05) is 29.2 Å². The number of hydrogen-bond acceptors (Lipinski definition) is 9. The Labute approximate surface area is 305 Å². The fourth-order valence-electron chi connectivity index (χ4n) is 6.50. The van der Waals surface area contributed by atoms with Gasteiger partial charge in [-0.25, -0.2) is 4.98 Å². The van der Waals surface area contributed by atoms with Gasteiger partial charge in [0.2, 0.25) is 11.8 Å². The van der Waals surface area contributed by atoms with Crippen molar-refractivity contribution in [2.75, 3.05) is 82.1 Å². The standard InChI is InChI=1S/C35H45ClIN5O7/c36-27-5-6-30-29(20-27)39-32(41(30)9-1-2-10-45-11-12-46-13-14-47-15-16-48-17-18-49-25-37)22-42-31-21-38-8-7-28(31)35(34(42)44)23-40(24-35)33(43)19-26-3-4-26/h5-8,20-21,26H,1-4,9-19,22-25H2. The molecule has 0 unspecified atom stereocenters. The molecule has 1 saturated carbocycles. The highest BCUT2D eigenvalue weighted by molar-refractivity contribution is 14.1. The Bertz CT molecular complexity index is 1560. The van der Waals surface area contributed by atoms with Crippen LogP contribution in [-0.2, 0) is 51.8 Å². The maximum atomic E-state index is 14.1. The summed E-state index contributed by atoms with van der Waals surface area (Å²) in [5.74, 6) is 1.46. The van der Waals surface area contributed by atoms with E-state index in [9.17, 15) is 9.59 Å². The van der Waals surface area contributed by atoms with Crippen molar-refractivity contribution in [3.8, 4) is 0 Å². The molecule has 0 radical (unpaired) electrons. The van der Waals surface area contributed by atoms with Gasteiger partial charge in [-0.05, 0) is 61.4 Å². The number of carbonyl (C=O) groups is 2. The third-order valence-corrected chi connectivity index (χ3v) is 9.95. The highest BCUT2D eigenvalue weighted by atomic mass is 127. The van der Waals surface area contributed by atoms with Gasteiger partial charge in [0, 0.05) is 43.9 Å². The maximum absolute atomic E-state index is 14.1. The number of carbonyl (C=O) groups excluding carboxylic acids is 2.